The van der Waals surface area contributed by atoms with Gasteiger partial charge in [-0.05, 0) is 36.2 Å². The fraction of sp³-hybridized carbons (Fsp3) is 0.200. The van der Waals surface area contributed by atoms with Crippen LogP contribution in [0.25, 0.3) is 0 Å². The molecule has 0 amide bonds. The molecule has 0 saturated heterocycles. The molecule has 2 aromatic rings. The van der Waals surface area contributed by atoms with Gasteiger partial charge >= 0.3 is 0 Å². The molecule has 2 rings (SSSR count). The predicted octanol–water partition coefficient (Wildman–Crippen LogP) is 4.24. The Labute approximate surface area is 121 Å². The van der Waals surface area contributed by atoms with Crippen molar-refractivity contribution in [3.8, 4) is 0 Å². The molecule has 2 N–H and O–H groups in total. The summed E-state index contributed by atoms with van der Waals surface area (Å²) in [6.07, 6.45) is 0.935. The van der Waals surface area contributed by atoms with Gasteiger partial charge in [0.15, 0.2) is 0 Å². The molecule has 0 fully saturated rings. The van der Waals surface area contributed by atoms with E-state index in [4.69, 9.17) is 5.73 Å². The van der Waals surface area contributed by atoms with Gasteiger partial charge < -0.3 is 5.73 Å². The number of rotatable bonds is 5. The summed E-state index contributed by atoms with van der Waals surface area (Å²) in [6.45, 7) is 0.695. The van der Waals surface area contributed by atoms with Crippen LogP contribution in [0.3, 0.4) is 0 Å². The van der Waals surface area contributed by atoms with Crippen LogP contribution < -0.4 is 5.73 Å². The highest BCUT2D eigenvalue weighted by atomic mass is 79.9. The summed E-state index contributed by atoms with van der Waals surface area (Å²) in [5.74, 6) is 0.995. The fourth-order valence-electron chi connectivity index (χ4n) is 1.76. The van der Waals surface area contributed by atoms with Crippen molar-refractivity contribution in [1.29, 1.82) is 0 Å². The molecule has 1 nitrogen and oxygen atoms in total. The van der Waals surface area contributed by atoms with Crippen LogP contribution in [0.4, 0.5) is 0 Å². The van der Waals surface area contributed by atoms with E-state index in [9.17, 15) is 0 Å². The molecule has 0 unspecified atom stereocenters. The van der Waals surface area contributed by atoms with E-state index in [0.717, 1.165) is 16.6 Å². The second-order valence-corrected chi connectivity index (χ2v) is 6.00. The molecular weight excluding hydrogens is 306 g/mol. The number of nitrogens with two attached hydrogens (primary N) is 1. The molecule has 0 spiro atoms. The molecule has 0 radical (unpaired) electrons. The summed E-state index contributed by atoms with van der Waals surface area (Å²) in [6, 6.07) is 16.9. The van der Waals surface area contributed by atoms with Gasteiger partial charge in [-0.25, -0.2) is 0 Å². The standard InChI is InChI=1S/C15H16BrNS/c16-14-7-6-13(8-9-17)15(10-14)18-11-12-4-2-1-3-5-12/h1-7,10H,8-9,11,17H2. The van der Waals surface area contributed by atoms with Crippen LogP contribution in [-0.4, -0.2) is 6.54 Å². The Morgan fingerprint density at radius 2 is 1.83 bits per heavy atom. The molecule has 0 aliphatic carbocycles. The van der Waals surface area contributed by atoms with E-state index in [-0.39, 0.29) is 0 Å². The molecule has 18 heavy (non-hydrogen) atoms. The first-order chi connectivity index (χ1) is 8.79. The largest absolute Gasteiger partial charge is 0.330 e. The number of thioether (sulfide) groups is 1. The maximum Gasteiger partial charge on any atom is 0.0232 e. The topological polar surface area (TPSA) is 26.0 Å². The molecule has 0 aliphatic rings. The van der Waals surface area contributed by atoms with Gasteiger partial charge in [0.05, 0.1) is 0 Å². The zero-order valence-corrected chi connectivity index (χ0v) is 12.5. The van der Waals surface area contributed by atoms with Gasteiger partial charge in [-0.1, -0.05) is 52.3 Å². The summed E-state index contributed by atoms with van der Waals surface area (Å²) >= 11 is 5.40. The van der Waals surface area contributed by atoms with Crippen molar-refractivity contribution in [2.24, 2.45) is 5.73 Å². The molecule has 0 bridgehead atoms. The number of hydrogen-bond donors (Lipinski definition) is 1. The van der Waals surface area contributed by atoms with Crippen LogP contribution in [0.2, 0.25) is 0 Å². The van der Waals surface area contributed by atoms with Crippen molar-refractivity contribution in [1.82, 2.24) is 0 Å². The third-order valence-corrected chi connectivity index (χ3v) is 4.34. The second-order valence-electron chi connectivity index (χ2n) is 4.06. The summed E-state index contributed by atoms with van der Waals surface area (Å²) < 4.78 is 1.12. The van der Waals surface area contributed by atoms with Crippen molar-refractivity contribution in [2.45, 2.75) is 17.1 Å². The minimum Gasteiger partial charge on any atom is -0.330 e. The lowest BCUT2D eigenvalue weighted by Crippen LogP contribution is -2.03. The SMILES string of the molecule is NCCc1ccc(Br)cc1SCc1ccccc1. The van der Waals surface area contributed by atoms with Crippen LogP contribution in [-0.2, 0) is 12.2 Å². The van der Waals surface area contributed by atoms with Gasteiger partial charge in [-0.3, -0.25) is 0 Å². The summed E-state index contributed by atoms with van der Waals surface area (Å²) in [7, 11) is 0. The monoisotopic (exact) mass is 321 g/mol. The van der Waals surface area contributed by atoms with Crippen LogP contribution >= 0.6 is 27.7 Å². The van der Waals surface area contributed by atoms with E-state index in [2.05, 4.69) is 58.4 Å². The van der Waals surface area contributed by atoms with Gasteiger partial charge in [0.2, 0.25) is 0 Å². The first kappa shape index (κ1) is 13.7. The van der Waals surface area contributed by atoms with Crippen molar-refractivity contribution in [3.05, 3.63) is 64.1 Å². The van der Waals surface area contributed by atoms with Gasteiger partial charge in [-0.15, -0.1) is 11.8 Å². The molecule has 0 atom stereocenters. The smallest absolute Gasteiger partial charge is 0.0232 e. The van der Waals surface area contributed by atoms with Crippen molar-refractivity contribution >= 4 is 27.7 Å². The third-order valence-electron chi connectivity index (χ3n) is 2.68. The highest BCUT2D eigenvalue weighted by Crippen LogP contribution is 2.29. The highest BCUT2D eigenvalue weighted by molar-refractivity contribution is 9.10. The van der Waals surface area contributed by atoms with Gasteiger partial charge in [-0.2, -0.15) is 0 Å². The van der Waals surface area contributed by atoms with Crippen molar-refractivity contribution < 1.29 is 0 Å². The molecular formula is C15H16BrNS. The number of halogens is 1. The summed E-state index contributed by atoms with van der Waals surface area (Å²) in [5, 5.41) is 0. The Balaban J connectivity index is 2.10. The van der Waals surface area contributed by atoms with Gasteiger partial charge in [0.1, 0.15) is 0 Å². The Bertz CT molecular complexity index is 499. The van der Waals surface area contributed by atoms with E-state index in [1.165, 1.54) is 16.0 Å². The van der Waals surface area contributed by atoms with Crippen molar-refractivity contribution in [2.75, 3.05) is 6.54 Å². The average molecular weight is 322 g/mol. The molecule has 2 aromatic carbocycles. The lowest BCUT2D eigenvalue weighted by atomic mass is 10.1. The van der Waals surface area contributed by atoms with E-state index < -0.39 is 0 Å². The predicted molar refractivity (Wildman–Crippen MR) is 82.9 cm³/mol. The molecule has 94 valence electrons. The highest BCUT2D eigenvalue weighted by Gasteiger charge is 2.04. The van der Waals surface area contributed by atoms with E-state index >= 15 is 0 Å². The maximum absolute atomic E-state index is 5.65. The first-order valence-electron chi connectivity index (χ1n) is 5.95. The zero-order valence-electron chi connectivity index (χ0n) is 10.1. The molecule has 0 saturated carbocycles. The van der Waals surface area contributed by atoms with Crippen LogP contribution in [0, 0.1) is 0 Å². The lowest BCUT2D eigenvalue weighted by Gasteiger charge is -2.09. The third kappa shape index (κ3) is 3.87. The van der Waals surface area contributed by atoms with E-state index in [1.54, 1.807) is 0 Å². The molecule has 3 heteroatoms. The Morgan fingerprint density at radius 1 is 1.06 bits per heavy atom. The van der Waals surface area contributed by atoms with Crippen LogP contribution in [0.5, 0.6) is 0 Å². The van der Waals surface area contributed by atoms with Crippen LogP contribution in [0.1, 0.15) is 11.1 Å². The molecule has 0 aliphatic heterocycles. The zero-order chi connectivity index (χ0) is 12.8. The Morgan fingerprint density at radius 3 is 2.56 bits per heavy atom. The van der Waals surface area contributed by atoms with E-state index in [1.807, 2.05) is 17.8 Å². The number of hydrogen-bond acceptors (Lipinski definition) is 2. The average Bonchev–Trinajstić information content (AvgIpc) is 2.40. The van der Waals surface area contributed by atoms with Crippen LogP contribution in [0.15, 0.2) is 57.9 Å². The molecule has 0 aromatic heterocycles. The maximum atomic E-state index is 5.65. The first-order valence-corrected chi connectivity index (χ1v) is 7.72. The summed E-state index contributed by atoms with van der Waals surface area (Å²) in [5.41, 5.74) is 8.34. The Hall–Kier alpha value is -0.770. The lowest BCUT2D eigenvalue weighted by molar-refractivity contribution is 0.943. The minimum absolute atomic E-state index is 0.695. The second kappa shape index (κ2) is 6.98. The van der Waals surface area contributed by atoms with Gasteiger partial charge in [0, 0.05) is 15.1 Å². The normalized spacial score (nSPS) is 10.6. The number of benzene rings is 2. The summed E-state index contributed by atoms with van der Waals surface area (Å²) in [4.78, 5) is 1.32. The Kier molecular flexibility index (Phi) is 5.29. The van der Waals surface area contributed by atoms with Gasteiger partial charge in [0.25, 0.3) is 0 Å². The van der Waals surface area contributed by atoms with E-state index in [0.29, 0.717) is 6.54 Å². The minimum atomic E-state index is 0.695. The quantitative estimate of drug-likeness (QED) is 0.833. The van der Waals surface area contributed by atoms with Crippen molar-refractivity contribution in [3.63, 3.8) is 0 Å². The molecule has 0 heterocycles. The fourth-order valence-corrected chi connectivity index (χ4v) is 3.35.